The molecule has 6 heteroatoms. The van der Waals surface area contributed by atoms with Gasteiger partial charge in [-0.25, -0.2) is 9.78 Å². The SMILES string of the molecule is COC(=O)c1ccccc1C(=O)N1CCC(Oc2cccc(C)n2)C1. The van der Waals surface area contributed by atoms with Gasteiger partial charge in [-0.15, -0.1) is 0 Å². The number of aryl methyl sites for hydroxylation is 1. The van der Waals surface area contributed by atoms with Crippen LogP contribution in [-0.2, 0) is 4.74 Å². The van der Waals surface area contributed by atoms with E-state index >= 15 is 0 Å². The molecule has 1 aliphatic heterocycles. The molecule has 25 heavy (non-hydrogen) atoms. The molecular weight excluding hydrogens is 320 g/mol. The Kier molecular flexibility index (Phi) is 4.97. The standard InChI is InChI=1S/C19H20N2O4/c1-13-6-5-9-17(20-13)25-14-10-11-21(12-14)18(22)15-7-3-4-8-16(15)19(23)24-2/h3-9,14H,10-12H2,1-2H3. The molecule has 2 heterocycles. The summed E-state index contributed by atoms with van der Waals surface area (Å²) >= 11 is 0. The second kappa shape index (κ2) is 7.34. The lowest BCUT2D eigenvalue weighted by Crippen LogP contribution is -2.32. The third kappa shape index (κ3) is 3.79. The Morgan fingerprint density at radius 2 is 1.88 bits per heavy atom. The van der Waals surface area contributed by atoms with Crippen molar-refractivity contribution in [2.75, 3.05) is 20.2 Å². The first-order valence-corrected chi connectivity index (χ1v) is 8.15. The van der Waals surface area contributed by atoms with Crippen molar-refractivity contribution in [3.63, 3.8) is 0 Å². The number of esters is 1. The summed E-state index contributed by atoms with van der Waals surface area (Å²) in [7, 11) is 1.30. The van der Waals surface area contributed by atoms with Crippen molar-refractivity contribution in [3.8, 4) is 5.88 Å². The number of benzene rings is 1. The number of pyridine rings is 1. The maximum atomic E-state index is 12.8. The van der Waals surface area contributed by atoms with Crippen LogP contribution in [0.15, 0.2) is 42.5 Å². The van der Waals surface area contributed by atoms with Gasteiger partial charge in [-0.05, 0) is 25.1 Å². The number of rotatable bonds is 4. The minimum Gasteiger partial charge on any atom is -0.472 e. The molecule has 1 amide bonds. The number of likely N-dealkylation sites (tertiary alicyclic amines) is 1. The number of hydrogen-bond donors (Lipinski definition) is 0. The van der Waals surface area contributed by atoms with Crippen molar-refractivity contribution in [1.29, 1.82) is 0 Å². The molecule has 130 valence electrons. The van der Waals surface area contributed by atoms with Gasteiger partial charge >= 0.3 is 5.97 Å². The molecule has 1 unspecified atom stereocenters. The summed E-state index contributed by atoms with van der Waals surface area (Å²) < 4.78 is 10.6. The number of carbonyl (C=O) groups is 2. The highest BCUT2D eigenvalue weighted by molar-refractivity contribution is 6.05. The summed E-state index contributed by atoms with van der Waals surface area (Å²) in [4.78, 5) is 30.7. The summed E-state index contributed by atoms with van der Waals surface area (Å²) in [5.41, 5.74) is 1.51. The second-order valence-electron chi connectivity index (χ2n) is 5.93. The fourth-order valence-corrected chi connectivity index (χ4v) is 2.89. The zero-order valence-corrected chi connectivity index (χ0v) is 14.3. The lowest BCUT2D eigenvalue weighted by Gasteiger charge is -2.18. The Morgan fingerprint density at radius 3 is 2.60 bits per heavy atom. The van der Waals surface area contributed by atoms with Crippen LogP contribution >= 0.6 is 0 Å². The van der Waals surface area contributed by atoms with Gasteiger partial charge < -0.3 is 14.4 Å². The summed E-state index contributed by atoms with van der Waals surface area (Å²) in [6.45, 7) is 2.94. The minimum atomic E-state index is -0.514. The van der Waals surface area contributed by atoms with Crippen LogP contribution in [0.5, 0.6) is 5.88 Å². The largest absolute Gasteiger partial charge is 0.472 e. The van der Waals surface area contributed by atoms with Crippen LogP contribution in [0.3, 0.4) is 0 Å². The Bertz CT molecular complexity index is 790. The molecular formula is C19H20N2O4. The summed E-state index contributed by atoms with van der Waals surface area (Å²) in [6.07, 6.45) is 0.616. The van der Waals surface area contributed by atoms with Crippen LogP contribution in [0.25, 0.3) is 0 Å². The molecule has 6 nitrogen and oxygen atoms in total. The van der Waals surface area contributed by atoms with Gasteiger partial charge in [0.15, 0.2) is 0 Å². The van der Waals surface area contributed by atoms with E-state index in [9.17, 15) is 9.59 Å². The molecule has 0 N–H and O–H groups in total. The number of nitrogens with zero attached hydrogens (tertiary/aromatic N) is 2. The van der Waals surface area contributed by atoms with Crippen molar-refractivity contribution in [2.45, 2.75) is 19.4 Å². The van der Waals surface area contributed by atoms with E-state index in [1.54, 1.807) is 29.2 Å². The van der Waals surface area contributed by atoms with E-state index in [-0.39, 0.29) is 17.6 Å². The average molecular weight is 340 g/mol. The molecule has 0 aliphatic carbocycles. The number of carbonyl (C=O) groups excluding carboxylic acids is 2. The number of hydrogen-bond acceptors (Lipinski definition) is 5. The van der Waals surface area contributed by atoms with E-state index in [2.05, 4.69) is 4.98 Å². The molecule has 0 radical (unpaired) electrons. The molecule has 1 aromatic carbocycles. The zero-order chi connectivity index (χ0) is 17.8. The van der Waals surface area contributed by atoms with E-state index in [1.807, 2.05) is 25.1 Å². The first kappa shape index (κ1) is 17.0. The predicted octanol–water partition coefficient (Wildman–Crippen LogP) is 2.47. The van der Waals surface area contributed by atoms with E-state index in [1.165, 1.54) is 7.11 Å². The van der Waals surface area contributed by atoms with E-state index in [0.29, 0.717) is 24.5 Å². The van der Waals surface area contributed by atoms with Gasteiger partial charge in [0.1, 0.15) is 6.10 Å². The smallest absolute Gasteiger partial charge is 0.338 e. The third-order valence-electron chi connectivity index (χ3n) is 4.15. The highest BCUT2D eigenvalue weighted by atomic mass is 16.5. The van der Waals surface area contributed by atoms with Crippen LogP contribution in [0.1, 0.15) is 32.8 Å². The molecule has 0 spiro atoms. The molecule has 1 aliphatic rings. The Hall–Kier alpha value is -2.89. The quantitative estimate of drug-likeness (QED) is 0.800. The maximum Gasteiger partial charge on any atom is 0.338 e. The van der Waals surface area contributed by atoms with Gasteiger partial charge in [0.25, 0.3) is 5.91 Å². The first-order valence-electron chi connectivity index (χ1n) is 8.15. The number of ether oxygens (including phenoxy) is 2. The topological polar surface area (TPSA) is 68.7 Å². The summed E-state index contributed by atoms with van der Waals surface area (Å²) in [5, 5.41) is 0. The van der Waals surface area contributed by atoms with Crippen LogP contribution in [0.2, 0.25) is 0 Å². The van der Waals surface area contributed by atoms with Crippen LogP contribution in [0, 0.1) is 6.92 Å². The lowest BCUT2D eigenvalue weighted by atomic mass is 10.1. The van der Waals surface area contributed by atoms with Crippen molar-refractivity contribution < 1.29 is 19.1 Å². The van der Waals surface area contributed by atoms with Gasteiger partial charge in [0.05, 0.1) is 24.8 Å². The summed E-state index contributed by atoms with van der Waals surface area (Å²) in [6, 6.07) is 12.3. The normalized spacial score (nSPS) is 16.6. The average Bonchev–Trinajstić information content (AvgIpc) is 3.09. The first-order chi connectivity index (χ1) is 12.1. The van der Waals surface area contributed by atoms with E-state index < -0.39 is 5.97 Å². The Labute approximate surface area is 146 Å². The molecule has 2 aromatic rings. The second-order valence-corrected chi connectivity index (χ2v) is 5.93. The molecule has 0 saturated carbocycles. The van der Waals surface area contributed by atoms with E-state index in [4.69, 9.17) is 9.47 Å². The fraction of sp³-hybridized carbons (Fsp3) is 0.316. The number of amides is 1. The van der Waals surface area contributed by atoms with Crippen LogP contribution in [0.4, 0.5) is 0 Å². The lowest BCUT2D eigenvalue weighted by molar-refractivity contribution is 0.0591. The zero-order valence-electron chi connectivity index (χ0n) is 14.3. The van der Waals surface area contributed by atoms with Crippen molar-refractivity contribution in [2.24, 2.45) is 0 Å². The molecule has 0 bridgehead atoms. The van der Waals surface area contributed by atoms with Gasteiger partial charge in [-0.2, -0.15) is 0 Å². The predicted molar refractivity (Wildman–Crippen MR) is 91.7 cm³/mol. The van der Waals surface area contributed by atoms with E-state index in [0.717, 1.165) is 12.1 Å². The van der Waals surface area contributed by atoms with Crippen LogP contribution < -0.4 is 4.74 Å². The van der Waals surface area contributed by atoms with Gasteiger partial charge in [-0.3, -0.25) is 4.79 Å². The van der Waals surface area contributed by atoms with Crippen molar-refractivity contribution in [3.05, 3.63) is 59.3 Å². The molecule has 1 saturated heterocycles. The fourth-order valence-electron chi connectivity index (χ4n) is 2.89. The highest BCUT2D eigenvalue weighted by Gasteiger charge is 2.30. The van der Waals surface area contributed by atoms with Crippen LogP contribution in [-0.4, -0.2) is 48.1 Å². The molecule has 1 aromatic heterocycles. The highest BCUT2D eigenvalue weighted by Crippen LogP contribution is 2.20. The molecule has 3 rings (SSSR count). The van der Waals surface area contributed by atoms with Gasteiger partial charge in [0.2, 0.25) is 5.88 Å². The minimum absolute atomic E-state index is 0.108. The molecule has 1 fully saturated rings. The number of aromatic nitrogens is 1. The molecule has 1 atom stereocenters. The Morgan fingerprint density at radius 1 is 1.12 bits per heavy atom. The number of methoxy groups -OCH3 is 1. The maximum absolute atomic E-state index is 12.8. The third-order valence-corrected chi connectivity index (χ3v) is 4.15. The van der Waals surface area contributed by atoms with Crippen molar-refractivity contribution >= 4 is 11.9 Å². The van der Waals surface area contributed by atoms with Crippen molar-refractivity contribution in [1.82, 2.24) is 9.88 Å². The van der Waals surface area contributed by atoms with Gasteiger partial charge in [-0.1, -0.05) is 18.2 Å². The van der Waals surface area contributed by atoms with Gasteiger partial charge in [0, 0.05) is 24.7 Å². The summed E-state index contributed by atoms with van der Waals surface area (Å²) in [5.74, 6) is -0.140. The monoisotopic (exact) mass is 340 g/mol. The Balaban J connectivity index is 1.70.